The minimum Gasteiger partial charge on any atom is -0.480 e. The molecule has 0 fully saturated rings. The first kappa shape index (κ1) is 40.8. The number of benzene rings is 1. The summed E-state index contributed by atoms with van der Waals surface area (Å²) in [5.41, 5.74) is 0.790. The molecule has 0 saturated heterocycles. The Kier molecular flexibility index (Phi) is 16.9. The molecule has 5 amide bonds. The third kappa shape index (κ3) is 12.5. The van der Waals surface area contributed by atoms with Gasteiger partial charge in [0, 0.05) is 21.1 Å². The molecule has 1 aromatic rings. The van der Waals surface area contributed by atoms with Gasteiger partial charge >= 0.3 is 12.1 Å². The van der Waals surface area contributed by atoms with Gasteiger partial charge in [0.1, 0.15) is 30.8 Å². The molecule has 1 aromatic carbocycles. The van der Waals surface area contributed by atoms with Gasteiger partial charge in [0.15, 0.2) is 0 Å². The van der Waals surface area contributed by atoms with Crippen LogP contribution in [0.15, 0.2) is 30.3 Å². The number of ether oxygens (including phenoxy) is 1. The van der Waals surface area contributed by atoms with Crippen LogP contribution in [0.25, 0.3) is 0 Å². The number of likely N-dealkylation sites (N-methyl/N-ethyl adjacent to an activating group) is 3. The Balaban J connectivity index is 3.07. The third-order valence-corrected chi connectivity index (χ3v) is 8.00. The minimum absolute atomic E-state index is 0.0259. The molecular formula is C33H53N5O9. The quantitative estimate of drug-likeness (QED) is 0.181. The number of aliphatic hydroxyl groups is 1. The standard InChI is InChI=1S/C33H53N5O9/c1-10-22(6)28(30(42)34-24(18-39)32(44)45)38(9)26(40)17-36(7)31(43)27(21(4)5)35-29(41)25(16-20(2)3)37(8)33(46)47-19-23-14-12-11-13-15-23/h11-15,20-22,24-25,27-28,39H,10,16-19H2,1-9H3,(H,34,42)(H,35,41)(H,44,45)/t22-,24-,25-,27-,28-/m0/s1. The zero-order valence-electron chi connectivity index (χ0n) is 29.1. The average molecular weight is 664 g/mol. The maximum atomic E-state index is 13.6. The lowest BCUT2D eigenvalue weighted by Crippen LogP contribution is -2.58. The molecule has 0 aliphatic rings. The van der Waals surface area contributed by atoms with Crippen molar-refractivity contribution in [3.8, 4) is 0 Å². The van der Waals surface area contributed by atoms with Crippen LogP contribution < -0.4 is 10.6 Å². The summed E-state index contributed by atoms with van der Waals surface area (Å²) in [7, 11) is 4.26. The molecule has 0 radical (unpaired) electrons. The summed E-state index contributed by atoms with van der Waals surface area (Å²) in [5, 5.41) is 23.6. The maximum Gasteiger partial charge on any atom is 0.410 e. The van der Waals surface area contributed by atoms with E-state index in [1.807, 2.05) is 51.1 Å². The molecule has 264 valence electrons. The van der Waals surface area contributed by atoms with Crippen LogP contribution in [-0.4, -0.2) is 119 Å². The van der Waals surface area contributed by atoms with Gasteiger partial charge < -0.3 is 35.4 Å². The smallest absolute Gasteiger partial charge is 0.410 e. The van der Waals surface area contributed by atoms with Crippen molar-refractivity contribution in [2.75, 3.05) is 34.3 Å². The lowest BCUT2D eigenvalue weighted by atomic mass is 9.96. The fourth-order valence-electron chi connectivity index (χ4n) is 4.87. The lowest BCUT2D eigenvalue weighted by Gasteiger charge is -2.34. The van der Waals surface area contributed by atoms with Gasteiger partial charge in [-0.05, 0) is 29.7 Å². The number of aliphatic carboxylic acids is 1. The van der Waals surface area contributed by atoms with E-state index in [9.17, 15) is 39.0 Å². The number of carboxylic acid groups (broad SMARTS) is 1. The van der Waals surface area contributed by atoms with Crippen LogP contribution in [0.1, 0.15) is 59.9 Å². The van der Waals surface area contributed by atoms with E-state index in [1.54, 1.807) is 20.8 Å². The maximum absolute atomic E-state index is 13.6. The summed E-state index contributed by atoms with van der Waals surface area (Å²) >= 11 is 0. The summed E-state index contributed by atoms with van der Waals surface area (Å²) in [6, 6.07) is 4.54. The van der Waals surface area contributed by atoms with Crippen LogP contribution in [0.5, 0.6) is 0 Å². The predicted octanol–water partition coefficient (Wildman–Crippen LogP) is 1.70. The molecule has 14 heteroatoms. The van der Waals surface area contributed by atoms with Crippen molar-refractivity contribution < 1.29 is 43.7 Å². The van der Waals surface area contributed by atoms with Crippen LogP contribution in [0.2, 0.25) is 0 Å². The first-order valence-corrected chi connectivity index (χ1v) is 15.8. The second-order valence-corrected chi connectivity index (χ2v) is 12.6. The van der Waals surface area contributed by atoms with Gasteiger partial charge in [-0.3, -0.25) is 24.1 Å². The lowest BCUT2D eigenvalue weighted by molar-refractivity contribution is -0.148. The van der Waals surface area contributed by atoms with E-state index in [4.69, 9.17) is 4.74 Å². The molecule has 1 rings (SSSR count). The van der Waals surface area contributed by atoms with E-state index in [1.165, 1.54) is 26.0 Å². The number of amides is 5. The van der Waals surface area contributed by atoms with Gasteiger partial charge in [-0.15, -0.1) is 0 Å². The second-order valence-electron chi connectivity index (χ2n) is 12.6. The number of rotatable bonds is 18. The number of hydrogen-bond donors (Lipinski definition) is 4. The number of nitrogens with one attached hydrogen (secondary N) is 2. The molecule has 0 aliphatic carbocycles. The molecule has 0 unspecified atom stereocenters. The Morgan fingerprint density at radius 2 is 1.47 bits per heavy atom. The topological polar surface area (TPSA) is 186 Å². The van der Waals surface area contributed by atoms with Crippen molar-refractivity contribution in [3.05, 3.63) is 35.9 Å². The van der Waals surface area contributed by atoms with Crippen molar-refractivity contribution >= 4 is 35.7 Å². The van der Waals surface area contributed by atoms with Gasteiger partial charge in [-0.2, -0.15) is 0 Å². The Morgan fingerprint density at radius 1 is 0.872 bits per heavy atom. The second kappa shape index (κ2) is 19.5. The van der Waals surface area contributed by atoms with Gasteiger partial charge in [0.05, 0.1) is 13.2 Å². The summed E-state index contributed by atoms with van der Waals surface area (Å²) in [4.78, 5) is 81.3. The van der Waals surface area contributed by atoms with Crippen molar-refractivity contribution in [2.24, 2.45) is 17.8 Å². The van der Waals surface area contributed by atoms with Crippen LogP contribution in [0, 0.1) is 17.8 Å². The zero-order chi connectivity index (χ0) is 36.0. The molecule has 0 heterocycles. The molecule has 0 aliphatic heterocycles. The van der Waals surface area contributed by atoms with Crippen molar-refractivity contribution in [1.82, 2.24) is 25.3 Å². The van der Waals surface area contributed by atoms with E-state index >= 15 is 0 Å². The molecule has 47 heavy (non-hydrogen) atoms. The van der Waals surface area contributed by atoms with E-state index in [0.717, 1.165) is 15.4 Å². The summed E-state index contributed by atoms with van der Waals surface area (Å²) in [6.07, 6.45) is 0.0921. The van der Waals surface area contributed by atoms with Crippen molar-refractivity contribution in [3.63, 3.8) is 0 Å². The molecule has 4 N–H and O–H groups in total. The molecule has 0 aromatic heterocycles. The van der Waals surface area contributed by atoms with Crippen molar-refractivity contribution in [1.29, 1.82) is 0 Å². The fourth-order valence-corrected chi connectivity index (χ4v) is 4.87. The van der Waals surface area contributed by atoms with Crippen molar-refractivity contribution in [2.45, 2.75) is 85.2 Å². The van der Waals surface area contributed by atoms with Crippen LogP contribution in [0.4, 0.5) is 4.79 Å². The summed E-state index contributed by atoms with van der Waals surface area (Å²) < 4.78 is 5.43. The minimum atomic E-state index is -1.54. The highest BCUT2D eigenvalue weighted by Crippen LogP contribution is 2.17. The molecule has 5 atom stereocenters. The Labute approximate surface area is 277 Å². The van der Waals surface area contributed by atoms with Gasteiger partial charge in [0.25, 0.3) is 0 Å². The van der Waals surface area contributed by atoms with E-state index in [-0.39, 0.29) is 24.4 Å². The van der Waals surface area contributed by atoms with Crippen LogP contribution in [-0.2, 0) is 35.3 Å². The predicted molar refractivity (Wildman–Crippen MR) is 175 cm³/mol. The number of nitrogens with zero attached hydrogens (tertiary/aromatic N) is 3. The molecule has 0 bridgehead atoms. The first-order valence-electron chi connectivity index (χ1n) is 15.8. The number of carbonyl (C=O) groups excluding carboxylic acids is 5. The molecule has 14 nitrogen and oxygen atoms in total. The Morgan fingerprint density at radius 3 is 1.96 bits per heavy atom. The number of hydrogen-bond acceptors (Lipinski definition) is 8. The zero-order valence-corrected chi connectivity index (χ0v) is 29.1. The third-order valence-electron chi connectivity index (χ3n) is 8.00. The average Bonchev–Trinajstić information content (AvgIpc) is 3.02. The highest BCUT2D eigenvalue weighted by Gasteiger charge is 2.37. The first-order chi connectivity index (χ1) is 22.0. The molecule has 0 spiro atoms. The Bertz CT molecular complexity index is 1210. The SMILES string of the molecule is CC[C@H](C)[C@@H](C(=O)N[C@@H](CO)C(=O)O)N(C)C(=O)CN(C)C(=O)[C@@H](NC(=O)[C@H](CC(C)C)N(C)C(=O)OCc1ccccc1)C(C)C. The number of carbonyl (C=O) groups is 6. The number of carboxylic acids is 1. The normalized spacial score (nSPS) is 14.3. The summed E-state index contributed by atoms with van der Waals surface area (Å²) in [6.45, 7) is 9.60. The van der Waals surface area contributed by atoms with Gasteiger partial charge in [-0.1, -0.05) is 78.3 Å². The van der Waals surface area contributed by atoms with E-state index in [0.29, 0.717) is 12.8 Å². The van der Waals surface area contributed by atoms with Crippen LogP contribution in [0.3, 0.4) is 0 Å². The largest absolute Gasteiger partial charge is 0.480 e. The number of aliphatic hydroxyl groups excluding tert-OH is 1. The monoisotopic (exact) mass is 663 g/mol. The molecule has 0 saturated carbocycles. The molecular weight excluding hydrogens is 610 g/mol. The van der Waals surface area contributed by atoms with Gasteiger partial charge in [-0.25, -0.2) is 9.59 Å². The Hall–Kier alpha value is -4.20. The van der Waals surface area contributed by atoms with E-state index in [2.05, 4.69) is 10.6 Å². The van der Waals surface area contributed by atoms with Crippen LogP contribution >= 0.6 is 0 Å². The van der Waals surface area contributed by atoms with E-state index < -0.39 is 73.0 Å². The highest BCUT2D eigenvalue weighted by atomic mass is 16.6. The highest BCUT2D eigenvalue weighted by molar-refractivity contribution is 5.94. The van der Waals surface area contributed by atoms with Gasteiger partial charge in [0.2, 0.25) is 23.6 Å². The summed E-state index contributed by atoms with van der Waals surface area (Å²) in [5.74, 6) is -4.61. The fraction of sp³-hybridized carbons (Fsp3) is 0.636.